The van der Waals surface area contributed by atoms with Gasteiger partial charge in [0.15, 0.2) is 11.6 Å². The Morgan fingerprint density at radius 1 is 1.06 bits per heavy atom. The fourth-order valence-corrected chi connectivity index (χ4v) is 2.00. The smallest absolute Gasteiger partial charge is 0.229 e. The van der Waals surface area contributed by atoms with Crippen molar-refractivity contribution < 1.29 is 13.2 Å². The molecule has 0 radical (unpaired) electrons. The first-order chi connectivity index (χ1) is 8.58. The molecule has 3 rings (SSSR count). The van der Waals surface area contributed by atoms with Crippen LogP contribution in [0.4, 0.5) is 13.2 Å². The maximum atomic E-state index is 13.7. The van der Waals surface area contributed by atoms with E-state index in [1.165, 1.54) is 4.57 Å². The van der Waals surface area contributed by atoms with E-state index in [0.29, 0.717) is 11.9 Å². The van der Waals surface area contributed by atoms with Gasteiger partial charge in [0.25, 0.3) is 0 Å². The zero-order valence-electron chi connectivity index (χ0n) is 9.00. The lowest BCUT2D eigenvalue weighted by atomic mass is 10.2. The summed E-state index contributed by atoms with van der Waals surface area (Å²) in [6.07, 6.45) is 1.81. The lowest BCUT2D eigenvalue weighted by Gasteiger charge is -2.08. The molecule has 3 nitrogen and oxygen atoms in total. The molecular weight excluding hydrogens is 267 g/mol. The monoisotopic (exact) mass is 273 g/mol. The van der Waals surface area contributed by atoms with Crippen LogP contribution in [0.5, 0.6) is 0 Å². The first-order valence-electron chi connectivity index (χ1n) is 5.33. The molecule has 1 saturated carbocycles. The van der Waals surface area contributed by atoms with Crippen molar-refractivity contribution in [2.45, 2.75) is 18.8 Å². The minimum atomic E-state index is -1.24. The fraction of sp³-hybridized carbons (Fsp3) is 0.273. The van der Waals surface area contributed by atoms with Gasteiger partial charge in [-0.3, -0.25) is 4.57 Å². The van der Waals surface area contributed by atoms with Crippen molar-refractivity contribution in [3.05, 3.63) is 40.7 Å². The van der Waals surface area contributed by atoms with E-state index >= 15 is 0 Å². The van der Waals surface area contributed by atoms with Gasteiger partial charge in [-0.05, 0) is 24.4 Å². The Morgan fingerprint density at radius 3 is 2.39 bits per heavy atom. The number of halogens is 4. The number of hydrogen-bond donors (Lipinski definition) is 0. The molecule has 94 valence electrons. The highest BCUT2D eigenvalue weighted by Crippen LogP contribution is 2.41. The van der Waals surface area contributed by atoms with Gasteiger partial charge >= 0.3 is 0 Å². The summed E-state index contributed by atoms with van der Waals surface area (Å²) < 4.78 is 41.0. The number of hydrogen-bond acceptors (Lipinski definition) is 2. The van der Waals surface area contributed by atoms with Crippen LogP contribution in [0.1, 0.15) is 24.6 Å². The van der Waals surface area contributed by atoms with Crippen molar-refractivity contribution >= 4 is 11.6 Å². The molecule has 1 aliphatic carbocycles. The third-order valence-electron chi connectivity index (χ3n) is 2.82. The molecular formula is C11H7ClF3N3. The minimum absolute atomic E-state index is 0.0678. The van der Waals surface area contributed by atoms with Gasteiger partial charge in [-0.1, -0.05) is 0 Å². The van der Waals surface area contributed by atoms with Crippen LogP contribution in [0, 0.1) is 17.5 Å². The predicted molar refractivity (Wildman–Crippen MR) is 58.2 cm³/mol. The molecule has 0 bridgehead atoms. The standard InChI is InChI=1S/C11H7ClF3N3/c12-11-17-16-10(5-1-2-5)18(11)9-4-7(14)6(13)3-8(9)15/h3-5H,1-2H2. The molecule has 0 unspecified atom stereocenters. The van der Waals surface area contributed by atoms with Crippen LogP contribution in [0.15, 0.2) is 12.1 Å². The first kappa shape index (κ1) is 11.5. The first-order valence-corrected chi connectivity index (χ1v) is 5.71. The van der Waals surface area contributed by atoms with Gasteiger partial charge in [0.1, 0.15) is 11.6 Å². The Balaban J connectivity index is 2.20. The Morgan fingerprint density at radius 2 is 1.72 bits per heavy atom. The Kier molecular flexibility index (Phi) is 2.55. The molecule has 7 heteroatoms. The number of rotatable bonds is 2. The van der Waals surface area contributed by atoms with E-state index < -0.39 is 17.5 Å². The van der Waals surface area contributed by atoms with Crippen LogP contribution in [0.2, 0.25) is 5.28 Å². The summed E-state index contributed by atoms with van der Waals surface area (Å²) in [5.74, 6) is -2.66. The molecule has 18 heavy (non-hydrogen) atoms. The van der Waals surface area contributed by atoms with Crippen molar-refractivity contribution in [1.29, 1.82) is 0 Å². The van der Waals surface area contributed by atoms with Crippen LogP contribution >= 0.6 is 11.6 Å². The molecule has 0 amide bonds. The van der Waals surface area contributed by atoms with E-state index in [2.05, 4.69) is 10.2 Å². The average molecular weight is 274 g/mol. The minimum Gasteiger partial charge on any atom is -0.266 e. The van der Waals surface area contributed by atoms with E-state index in [1.807, 2.05) is 0 Å². The van der Waals surface area contributed by atoms with Crippen LogP contribution < -0.4 is 0 Å². The second-order valence-electron chi connectivity index (χ2n) is 4.15. The van der Waals surface area contributed by atoms with E-state index in [1.54, 1.807) is 0 Å². The summed E-state index contributed by atoms with van der Waals surface area (Å²) in [5, 5.41) is 7.42. The van der Waals surface area contributed by atoms with Gasteiger partial charge in [0, 0.05) is 18.1 Å². The normalized spacial score (nSPS) is 15.1. The highest BCUT2D eigenvalue weighted by atomic mass is 35.5. The van der Waals surface area contributed by atoms with Gasteiger partial charge in [0.05, 0.1) is 5.69 Å². The zero-order valence-corrected chi connectivity index (χ0v) is 9.76. The fourth-order valence-electron chi connectivity index (χ4n) is 1.79. The zero-order chi connectivity index (χ0) is 12.9. The van der Waals surface area contributed by atoms with Crippen molar-refractivity contribution in [3.8, 4) is 5.69 Å². The lowest BCUT2D eigenvalue weighted by molar-refractivity contribution is 0.492. The molecule has 0 aliphatic heterocycles. The molecule has 1 heterocycles. The second-order valence-corrected chi connectivity index (χ2v) is 4.49. The summed E-state index contributed by atoms with van der Waals surface area (Å²) in [6, 6.07) is 1.24. The van der Waals surface area contributed by atoms with E-state index in [9.17, 15) is 13.2 Å². The maximum absolute atomic E-state index is 13.7. The lowest BCUT2D eigenvalue weighted by Crippen LogP contribution is -2.04. The highest BCUT2D eigenvalue weighted by molar-refractivity contribution is 6.28. The van der Waals surface area contributed by atoms with Gasteiger partial charge in [-0.25, -0.2) is 13.2 Å². The second kappa shape index (κ2) is 3.98. The van der Waals surface area contributed by atoms with Gasteiger partial charge in [0.2, 0.25) is 5.28 Å². The maximum Gasteiger partial charge on any atom is 0.229 e. The Bertz CT molecular complexity index is 622. The number of benzene rings is 1. The van der Waals surface area contributed by atoms with Crippen molar-refractivity contribution in [2.24, 2.45) is 0 Å². The molecule has 2 aromatic rings. The predicted octanol–water partition coefficient (Wildman–Crippen LogP) is 3.22. The summed E-state index contributed by atoms with van der Waals surface area (Å²) >= 11 is 5.82. The third kappa shape index (κ3) is 1.77. The van der Waals surface area contributed by atoms with Gasteiger partial charge in [-0.15, -0.1) is 10.2 Å². The van der Waals surface area contributed by atoms with Crippen molar-refractivity contribution in [3.63, 3.8) is 0 Å². The quantitative estimate of drug-likeness (QED) is 0.787. The van der Waals surface area contributed by atoms with E-state index in [0.717, 1.165) is 18.9 Å². The average Bonchev–Trinajstić information content (AvgIpc) is 3.09. The molecule has 1 aromatic heterocycles. The van der Waals surface area contributed by atoms with Crippen LogP contribution in [-0.2, 0) is 0 Å². The third-order valence-corrected chi connectivity index (χ3v) is 3.07. The highest BCUT2D eigenvalue weighted by Gasteiger charge is 2.31. The van der Waals surface area contributed by atoms with E-state index in [-0.39, 0.29) is 16.9 Å². The molecule has 0 saturated heterocycles. The molecule has 1 aromatic carbocycles. The Hall–Kier alpha value is -1.56. The Labute approximate surface area is 105 Å². The van der Waals surface area contributed by atoms with Crippen molar-refractivity contribution in [2.75, 3.05) is 0 Å². The molecule has 0 spiro atoms. The number of nitrogens with zero attached hydrogens (tertiary/aromatic N) is 3. The van der Waals surface area contributed by atoms with Crippen LogP contribution in [-0.4, -0.2) is 14.8 Å². The summed E-state index contributed by atoms with van der Waals surface area (Å²) in [7, 11) is 0. The summed E-state index contributed by atoms with van der Waals surface area (Å²) in [4.78, 5) is 0. The van der Waals surface area contributed by atoms with Crippen LogP contribution in [0.3, 0.4) is 0 Å². The summed E-state index contributed by atoms with van der Waals surface area (Å²) in [6.45, 7) is 0. The topological polar surface area (TPSA) is 30.7 Å². The SMILES string of the molecule is Fc1cc(F)c(-n2c(Cl)nnc2C2CC2)cc1F. The molecule has 0 atom stereocenters. The van der Waals surface area contributed by atoms with E-state index in [4.69, 9.17) is 11.6 Å². The largest absolute Gasteiger partial charge is 0.266 e. The number of aromatic nitrogens is 3. The molecule has 1 aliphatic rings. The van der Waals surface area contributed by atoms with Crippen LogP contribution in [0.25, 0.3) is 5.69 Å². The summed E-state index contributed by atoms with van der Waals surface area (Å²) in [5.41, 5.74) is -0.175. The van der Waals surface area contributed by atoms with Gasteiger partial charge < -0.3 is 0 Å². The molecule has 0 N–H and O–H groups in total. The molecule has 1 fully saturated rings. The van der Waals surface area contributed by atoms with Gasteiger partial charge in [-0.2, -0.15) is 0 Å². The van der Waals surface area contributed by atoms with Crippen molar-refractivity contribution in [1.82, 2.24) is 14.8 Å².